The second-order valence-electron chi connectivity index (χ2n) is 11.2. The third-order valence-electron chi connectivity index (χ3n) is 8.86. The number of hydrogen-bond acceptors (Lipinski definition) is 2. The van der Waals surface area contributed by atoms with E-state index < -0.39 is 0 Å². The zero-order valence-corrected chi connectivity index (χ0v) is 16.5. The van der Waals surface area contributed by atoms with E-state index in [0.29, 0.717) is 23.4 Å². The lowest BCUT2D eigenvalue weighted by atomic mass is 9.38. The van der Waals surface area contributed by atoms with Gasteiger partial charge in [0, 0.05) is 12.1 Å². The van der Waals surface area contributed by atoms with Gasteiger partial charge in [0.25, 0.3) is 0 Å². The summed E-state index contributed by atoms with van der Waals surface area (Å²) >= 11 is 0. The minimum Gasteiger partial charge on any atom is -0.351 e. The van der Waals surface area contributed by atoms with Crippen LogP contribution in [-0.4, -0.2) is 24.5 Å². The molecule has 6 bridgehead atoms. The highest BCUT2D eigenvalue weighted by molar-refractivity contribution is 5.84. The average Bonchev–Trinajstić information content (AvgIpc) is 3.23. The molecule has 3 heteroatoms. The second kappa shape index (κ2) is 5.37. The molecular weight excluding hydrogens is 332 g/mol. The van der Waals surface area contributed by atoms with E-state index in [4.69, 9.17) is 0 Å². The number of amides is 1. The lowest BCUT2D eigenvalue weighted by Gasteiger charge is -2.65. The van der Waals surface area contributed by atoms with Gasteiger partial charge in [0.15, 0.2) is 0 Å². The van der Waals surface area contributed by atoms with Gasteiger partial charge in [-0.25, -0.2) is 0 Å². The predicted molar refractivity (Wildman–Crippen MR) is 106 cm³/mol. The summed E-state index contributed by atoms with van der Waals surface area (Å²) in [7, 11) is 0. The Morgan fingerprint density at radius 3 is 2.59 bits per heavy atom. The Labute approximate surface area is 162 Å². The summed E-state index contributed by atoms with van der Waals surface area (Å²) in [5.74, 6) is 1.89. The molecule has 1 heterocycles. The fraction of sp³-hybridized carbons (Fsp3) is 0.708. The van der Waals surface area contributed by atoms with Gasteiger partial charge >= 0.3 is 0 Å². The zero-order chi connectivity index (χ0) is 18.3. The highest BCUT2D eigenvalue weighted by Crippen LogP contribution is 2.70. The van der Waals surface area contributed by atoms with Crippen molar-refractivity contribution in [2.24, 2.45) is 22.7 Å². The molecule has 0 spiro atoms. The van der Waals surface area contributed by atoms with E-state index in [1.54, 1.807) is 0 Å². The van der Waals surface area contributed by atoms with Crippen molar-refractivity contribution in [2.75, 3.05) is 6.54 Å². The minimum atomic E-state index is -0.133. The smallest absolute Gasteiger partial charge is 0.226 e. The molecule has 0 aromatic heterocycles. The molecule has 1 saturated heterocycles. The second-order valence-corrected chi connectivity index (χ2v) is 11.2. The van der Waals surface area contributed by atoms with Gasteiger partial charge in [0.05, 0.1) is 5.41 Å². The van der Waals surface area contributed by atoms with Crippen molar-refractivity contribution in [3.63, 3.8) is 0 Å². The Bertz CT molecular complexity index is 778. The number of fused-ring (bicyclic) bond motifs is 2. The largest absolute Gasteiger partial charge is 0.351 e. The summed E-state index contributed by atoms with van der Waals surface area (Å²) in [6, 6.07) is 12.0. The molecule has 5 saturated carbocycles. The van der Waals surface area contributed by atoms with E-state index in [2.05, 4.69) is 47.9 Å². The van der Waals surface area contributed by atoms with Crippen LogP contribution in [0.15, 0.2) is 30.3 Å². The van der Waals surface area contributed by atoms with Crippen molar-refractivity contribution in [3.05, 3.63) is 35.9 Å². The third kappa shape index (κ3) is 2.40. The summed E-state index contributed by atoms with van der Waals surface area (Å²) < 4.78 is 0. The first kappa shape index (κ1) is 16.6. The van der Waals surface area contributed by atoms with E-state index >= 15 is 0 Å². The van der Waals surface area contributed by atoms with Crippen molar-refractivity contribution < 1.29 is 4.79 Å². The maximum atomic E-state index is 13.7. The van der Waals surface area contributed by atoms with Crippen LogP contribution in [0, 0.1) is 22.7 Å². The maximum absolute atomic E-state index is 13.7. The van der Waals surface area contributed by atoms with Crippen molar-refractivity contribution in [2.45, 2.75) is 75.8 Å². The maximum Gasteiger partial charge on any atom is 0.226 e. The average molecular weight is 365 g/mol. The summed E-state index contributed by atoms with van der Waals surface area (Å²) in [4.78, 5) is 13.7. The number of rotatable bonds is 3. The molecule has 3 nitrogen and oxygen atoms in total. The SMILES string of the molecule is CC12CC3CC(C(=O)NC4CC5CNC4C5)(C1)CC(c1ccccc1)(C3)C2. The molecule has 6 aliphatic rings. The van der Waals surface area contributed by atoms with Crippen LogP contribution in [0.1, 0.15) is 63.9 Å². The van der Waals surface area contributed by atoms with Crippen LogP contribution < -0.4 is 10.6 Å². The van der Waals surface area contributed by atoms with E-state index in [-0.39, 0.29) is 10.8 Å². The van der Waals surface area contributed by atoms with Gasteiger partial charge in [0.1, 0.15) is 0 Å². The van der Waals surface area contributed by atoms with E-state index in [1.165, 1.54) is 37.7 Å². The Morgan fingerprint density at radius 2 is 1.89 bits per heavy atom. The molecule has 1 aromatic rings. The van der Waals surface area contributed by atoms with Gasteiger partial charge in [0.2, 0.25) is 5.91 Å². The van der Waals surface area contributed by atoms with Crippen LogP contribution in [0.25, 0.3) is 0 Å². The molecule has 1 amide bonds. The Morgan fingerprint density at radius 1 is 1.04 bits per heavy atom. The van der Waals surface area contributed by atoms with Gasteiger partial charge in [-0.15, -0.1) is 0 Å². The Kier molecular flexibility index (Phi) is 3.30. The summed E-state index contributed by atoms with van der Waals surface area (Å²) in [5, 5.41) is 7.16. The van der Waals surface area contributed by atoms with Gasteiger partial charge in [-0.1, -0.05) is 37.3 Å². The highest BCUT2D eigenvalue weighted by Gasteiger charge is 2.64. The van der Waals surface area contributed by atoms with E-state index in [1.807, 2.05) is 0 Å². The molecule has 144 valence electrons. The molecule has 1 aromatic carbocycles. The first-order valence-electron chi connectivity index (χ1n) is 11.1. The van der Waals surface area contributed by atoms with Crippen molar-refractivity contribution in [1.29, 1.82) is 0 Å². The number of benzene rings is 1. The highest BCUT2D eigenvalue weighted by atomic mass is 16.2. The van der Waals surface area contributed by atoms with Gasteiger partial charge in [-0.3, -0.25) is 4.79 Å². The molecule has 7 atom stereocenters. The van der Waals surface area contributed by atoms with Gasteiger partial charge < -0.3 is 10.6 Å². The van der Waals surface area contributed by atoms with Crippen molar-refractivity contribution >= 4 is 5.91 Å². The molecular formula is C24H32N2O. The van der Waals surface area contributed by atoms with Crippen LogP contribution in [0.2, 0.25) is 0 Å². The molecule has 0 radical (unpaired) electrons. The van der Waals surface area contributed by atoms with Crippen molar-refractivity contribution in [3.8, 4) is 0 Å². The molecule has 7 unspecified atom stereocenters. The summed E-state index contributed by atoms with van der Waals surface area (Å²) in [6.07, 6.45) is 9.61. The first-order chi connectivity index (χ1) is 13.0. The lowest BCUT2D eigenvalue weighted by Crippen LogP contribution is -2.63. The normalized spacial score (nSPS) is 49.5. The fourth-order valence-electron chi connectivity index (χ4n) is 8.62. The fourth-order valence-corrected chi connectivity index (χ4v) is 8.62. The molecule has 27 heavy (non-hydrogen) atoms. The number of carbonyl (C=O) groups is 1. The third-order valence-corrected chi connectivity index (χ3v) is 8.86. The van der Waals surface area contributed by atoms with Crippen LogP contribution in [0.3, 0.4) is 0 Å². The van der Waals surface area contributed by atoms with E-state index in [9.17, 15) is 4.79 Å². The van der Waals surface area contributed by atoms with Crippen LogP contribution >= 0.6 is 0 Å². The van der Waals surface area contributed by atoms with Crippen LogP contribution in [0.4, 0.5) is 0 Å². The summed E-state index contributed by atoms with van der Waals surface area (Å²) in [5.41, 5.74) is 1.91. The standard InChI is InChI=1S/C24H32N2O/c1-22-9-17-10-23(13-22,18-5-3-2-4-6-18)15-24(11-17,14-22)21(27)26-20-8-16-7-19(20)25-12-16/h2-6,16-17,19-20,25H,7-15H2,1H3,(H,26,27). The van der Waals surface area contributed by atoms with Crippen LogP contribution in [-0.2, 0) is 10.2 Å². The molecule has 2 N–H and O–H groups in total. The quantitative estimate of drug-likeness (QED) is 0.857. The van der Waals surface area contributed by atoms with Crippen LogP contribution in [0.5, 0.6) is 0 Å². The summed E-state index contributed by atoms with van der Waals surface area (Å²) in [6.45, 7) is 3.62. The van der Waals surface area contributed by atoms with Crippen molar-refractivity contribution in [1.82, 2.24) is 10.6 Å². The molecule has 5 aliphatic carbocycles. The monoisotopic (exact) mass is 364 g/mol. The number of carbonyl (C=O) groups excluding carboxylic acids is 1. The number of piperidine rings is 1. The Hall–Kier alpha value is -1.35. The van der Waals surface area contributed by atoms with Gasteiger partial charge in [-0.05, 0) is 86.1 Å². The minimum absolute atomic E-state index is 0.133. The number of nitrogens with one attached hydrogen (secondary N) is 2. The molecule has 1 aliphatic heterocycles. The molecule has 7 rings (SSSR count). The Balaban J connectivity index is 1.33. The first-order valence-corrected chi connectivity index (χ1v) is 11.1. The predicted octanol–water partition coefficient (Wildman–Crippen LogP) is 3.78. The van der Waals surface area contributed by atoms with E-state index in [0.717, 1.165) is 37.6 Å². The lowest BCUT2D eigenvalue weighted by molar-refractivity contribution is -0.161. The zero-order valence-electron chi connectivity index (χ0n) is 16.5. The van der Waals surface area contributed by atoms with Gasteiger partial charge in [-0.2, -0.15) is 0 Å². The topological polar surface area (TPSA) is 41.1 Å². The molecule has 6 fully saturated rings. The number of hydrogen-bond donors (Lipinski definition) is 2.